The Morgan fingerprint density at radius 3 is 2.46 bits per heavy atom. The molecular weight excluding hydrogens is 320 g/mol. The van der Waals surface area contributed by atoms with Crippen LogP contribution >= 0.6 is 0 Å². The van der Waals surface area contributed by atoms with Crippen molar-refractivity contribution in [2.45, 2.75) is 0 Å². The van der Waals surface area contributed by atoms with Gasteiger partial charge in [-0.25, -0.2) is 0 Å². The zero-order chi connectivity index (χ0) is 17.7. The van der Waals surface area contributed by atoms with Crippen LogP contribution in [0.3, 0.4) is 0 Å². The molecule has 0 atom stereocenters. The number of aromatic hydroxyl groups is 1. The van der Waals surface area contributed by atoms with Crippen LogP contribution in [-0.2, 0) is 7.05 Å². The lowest BCUT2D eigenvalue weighted by molar-refractivity contribution is 0.448. The second-order valence-electron chi connectivity index (χ2n) is 6.66. The number of nitrogens with zero attached hydrogens (tertiary/aromatic N) is 2. The maximum absolute atomic E-state index is 10.8. The topological polar surface area (TPSA) is 30.1 Å². The highest BCUT2D eigenvalue weighted by molar-refractivity contribution is 5.93. The van der Waals surface area contributed by atoms with Gasteiger partial charge in [0.2, 0.25) is 5.88 Å². The lowest BCUT2D eigenvalue weighted by atomic mass is 10.0. The second-order valence-corrected chi connectivity index (χ2v) is 6.66. The fraction of sp³-hybridized carbons (Fsp3) is 0.0435. The minimum Gasteiger partial charge on any atom is -0.494 e. The fourth-order valence-corrected chi connectivity index (χ4v) is 3.62. The van der Waals surface area contributed by atoms with Crippen LogP contribution in [0.25, 0.3) is 38.5 Å². The molecule has 2 heterocycles. The van der Waals surface area contributed by atoms with Gasteiger partial charge in [0.25, 0.3) is 0 Å². The lowest BCUT2D eigenvalue weighted by Gasteiger charge is -2.06. The zero-order valence-electron chi connectivity index (χ0n) is 14.4. The summed E-state index contributed by atoms with van der Waals surface area (Å²) in [4.78, 5) is 0. The normalized spacial score (nSPS) is 11.4. The molecule has 0 saturated carbocycles. The van der Waals surface area contributed by atoms with Crippen molar-refractivity contribution in [1.29, 1.82) is 0 Å². The van der Waals surface area contributed by atoms with Crippen molar-refractivity contribution in [2.75, 3.05) is 0 Å². The molecule has 3 nitrogen and oxygen atoms in total. The predicted octanol–water partition coefficient (Wildman–Crippen LogP) is 5.49. The number of rotatable bonds is 2. The van der Waals surface area contributed by atoms with E-state index in [2.05, 4.69) is 53.1 Å². The molecule has 0 unspecified atom stereocenters. The molecule has 0 spiro atoms. The van der Waals surface area contributed by atoms with Gasteiger partial charge in [-0.1, -0.05) is 42.5 Å². The molecule has 0 saturated heterocycles. The van der Waals surface area contributed by atoms with E-state index >= 15 is 0 Å². The van der Waals surface area contributed by atoms with Gasteiger partial charge >= 0.3 is 0 Å². The SMILES string of the molecule is Cn1ccc2cc(-n3cc4ccc(-c5ccccc5)cc4c3O)ccc21. The fourth-order valence-electron chi connectivity index (χ4n) is 3.62. The smallest absolute Gasteiger partial charge is 0.203 e. The van der Waals surface area contributed by atoms with E-state index in [0.29, 0.717) is 0 Å². The molecule has 3 heteroatoms. The van der Waals surface area contributed by atoms with Crippen LogP contribution in [-0.4, -0.2) is 14.2 Å². The van der Waals surface area contributed by atoms with Gasteiger partial charge in [0.1, 0.15) is 0 Å². The lowest BCUT2D eigenvalue weighted by Crippen LogP contribution is -1.91. The summed E-state index contributed by atoms with van der Waals surface area (Å²) in [6.45, 7) is 0. The van der Waals surface area contributed by atoms with E-state index in [4.69, 9.17) is 0 Å². The first kappa shape index (κ1) is 14.8. The summed E-state index contributed by atoms with van der Waals surface area (Å²) in [5.74, 6) is 0.271. The Hall–Kier alpha value is -3.46. The molecule has 3 aromatic carbocycles. The van der Waals surface area contributed by atoms with Crippen LogP contribution in [0.5, 0.6) is 5.88 Å². The third kappa shape index (κ3) is 2.21. The summed E-state index contributed by atoms with van der Waals surface area (Å²) in [5.41, 5.74) is 4.38. The van der Waals surface area contributed by atoms with Gasteiger partial charge in [-0.2, -0.15) is 0 Å². The Balaban J connectivity index is 1.67. The third-order valence-corrected chi connectivity index (χ3v) is 5.04. The van der Waals surface area contributed by atoms with E-state index in [1.165, 1.54) is 5.52 Å². The molecule has 5 aromatic rings. The molecule has 0 aliphatic rings. The predicted molar refractivity (Wildman–Crippen MR) is 107 cm³/mol. The van der Waals surface area contributed by atoms with E-state index in [-0.39, 0.29) is 5.88 Å². The number of benzene rings is 3. The third-order valence-electron chi connectivity index (χ3n) is 5.04. The van der Waals surface area contributed by atoms with E-state index in [1.54, 1.807) is 0 Å². The molecule has 0 radical (unpaired) electrons. The molecule has 26 heavy (non-hydrogen) atoms. The molecule has 2 aromatic heterocycles. The monoisotopic (exact) mass is 338 g/mol. The second kappa shape index (κ2) is 5.53. The van der Waals surface area contributed by atoms with Crippen LogP contribution in [0.2, 0.25) is 0 Å². The van der Waals surface area contributed by atoms with Crippen LogP contribution < -0.4 is 0 Å². The van der Waals surface area contributed by atoms with Crippen LogP contribution in [0.1, 0.15) is 0 Å². The average Bonchev–Trinajstić information content (AvgIpc) is 3.22. The maximum atomic E-state index is 10.8. The van der Waals surface area contributed by atoms with Gasteiger partial charge in [0, 0.05) is 46.8 Å². The number of hydrogen-bond donors (Lipinski definition) is 1. The summed E-state index contributed by atoms with van der Waals surface area (Å²) in [6.07, 6.45) is 4.04. The maximum Gasteiger partial charge on any atom is 0.203 e. The first-order chi connectivity index (χ1) is 12.7. The van der Waals surface area contributed by atoms with Gasteiger partial charge in [-0.3, -0.25) is 4.57 Å². The van der Waals surface area contributed by atoms with Crippen molar-refractivity contribution in [2.24, 2.45) is 7.05 Å². The number of aryl methyl sites for hydroxylation is 1. The van der Waals surface area contributed by atoms with Gasteiger partial charge in [0.15, 0.2) is 0 Å². The van der Waals surface area contributed by atoms with Gasteiger partial charge in [0.05, 0.1) is 0 Å². The molecule has 5 rings (SSSR count). The Bertz CT molecular complexity index is 1250. The van der Waals surface area contributed by atoms with Crippen LogP contribution in [0, 0.1) is 0 Å². The van der Waals surface area contributed by atoms with Gasteiger partial charge in [-0.15, -0.1) is 0 Å². The molecule has 126 valence electrons. The number of aromatic nitrogens is 2. The Morgan fingerprint density at radius 2 is 1.62 bits per heavy atom. The molecule has 0 amide bonds. The van der Waals surface area contributed by atoms with Crippen LogP contribution in [0.4, 0.5) is 0 Å². The minimum atomic E-state index is 0.271. The first-order valence-corrected chi connectivity index (χ1v) is 8.66. The standard InChI is InChI=1S/C23H18N2O/c1-24-12-11-18-13-20(9-10-22(18)24)25-15-19-8-7-17(14-21(19)23(25)26)16-5-3-2-4-6-16/h2-15,26H,1H3. The molecule has 0 aliphatic heterocycles. The minimum absolute atomic E-state index is 0.271. The highest BCUT2D eigenvalue weighted by Crippen LogP contribution is 2.34. The van der Waals surface area contributed by atoms with Crippen molar-refractivity contribution >= 4 is 21.7 Å². The van der Waals surface area contributed by atoms with Gasteiger partial charge in [-0.05, 0) is 41.5 Å². The highest BCUT2D eigenvalue weighted by Gasteiger charge is 2.12. The summed E-state index contributed by atoms with van der Waals surface area (Å²) in [7, 11) is 2.04. The highest BCUT2D eigenvalue weighted by atomic mass is 16.3. The average molecular weight is 338 g/mol. The summed E-state index contributed by atoms with van der Waals surface area (Å²) < 4.78 is 3.95. The van der Waals surface area contributed by atoms with E-state index in [0.717, 1.165) is 33.0 Å². The molecule has 0 aliphatic carbocycles. The Morgan fingerprint density at radius 1 is 0.769 bits per heavy atom. The van der Waals surface area contributed by atoms with E-state index in [1.807, 2.05) is 48.3 Å². The van der Waals surface area contributed by atoms with Gasteiger partial charge < -0.3 is 9.67 Å². The molecule has 0 bridgehead atoms. The molecule has 1 N–H and O–H groups in total. The number of fused-ring (bicyclic) bond motifs is 2. The quantitative estimate of drug-likeness (QED) is 0.453. The van der Waals surface area contributed by atoms with Crippen molar-refractivity contribution in [3.05, 3.63) is 85.2 Å². The van der Waals surface area contributed by atoms with E-state index < -0.39 is 0 Å². The van der Waals surface area contributed by atoms with Crippen molar-refractivity contribution in [3.63, 3.8) is 0 Å². The Kier molecular flexibility index (Phi) is 3.16. The van der Waals surface area contributed by atoms with Crippen molar-refractivity contribution in [3.8, 4) is 22.7 Å². The van der Waals surface area contributed by atoms with E-state index in [9.17, 15) is 5.11 Å². The van der Waals surface area contributed by atoms with Crippen LogP contribution in [0.15, 0.2) is 85.2 Å². The summed E-state index contributed by atoms with van der Waals surface area (Å²) in [5, 5.41) is 13.9. The Labute approximate surface area is 151 Å². The summed E-state index contributed by atoms with van der Waals surface area (Å²) >= 11 is 0. The summed E-state index contributed by atoms with van der Waals surface area (Å²) in [6, 6.07) is 24.8. The van der Waals surface area contributed by atoms with Crippen molar-refractivity contribution < 1.29 is 5.11 Å². The molecular formula is C23H18N2O. The van der Waals surface area contributed by atoms with Crippen molar-refractivity contribution in [1.82, 2.24) is 9.13 Å². The zero-order valence-corrected chi connectivity index (χ0v) is 14.4. The largest absolute Gasteiger partial charge is 0.494 e. The molecule has 0 fully saturated rings. The number of hydrogen-bond acceptors (Lipinski definition) is 1. The first-order valence-electron chi connectivity index (χ1n) is 8.66.